The summed E-state index contributed by atoms with van der Waals surface area (Å²) in [5.74, 6) is 0.207. The molecule has 0 atom stereocenters. The number of anilines is 1. The zero-order valence-electron chi connectivity index (χ0n) is 9.61. The predicted molar refractivity (Wildman–Crippen MR) is 71.3 cm³/mol. The van der Waals surface area contributed by atoms with Gasteiger partial charge in [0, 0.05) is 10.6 Å². The average molecular weight is 260 g/mol. The summed E-state index contributed by atoms with van der Waals surface area (Å²) in [4.78, 5) is 8.34. The van der Waals surface area contributed by atoms with E-state index in [0.29, 0.717) is 10.7 Å². The van der Waals surface area contributed by atoms with Crippen molar-refractivity contribution in [3.8, 4) is 11.3 Å². The summed E-state index contributed by atoms with van der Waals surface area (Å²) < 4.78 is 0. The topological polar surface area (TPSA) is 80.5 Å². The van der Waals surface area contributed by atoms with Crippen LogP contribution in [-0.4, -0.2) is 20.2 Å². The summed E-state index contributed by atoms with van der Waals surface area (Å²) in [7, 11) is 0. The molecule has 0 spiro atoms. The van der Waals surface area contributed by atoms with Crippen molar-refractivity contribution in [3.05, 3.63) is 35.0 Å². The third kappa shape index (κ3) is 1.69. The van der Waals surface area contributed by atoms with Gasteiger partial charge in [0.05, 0.1) is 17.3 Å². The van der Waals surface area contributed by atoms with Crippen LogP contribution in [0.5, 0.6) is 0 Å². The van der Waals surface area contributed by atoms with Gasteiger partial charge < -0.3 is 5.73 Å². The SMILES string of the molecule is Cc1ccc(-c2nc(N)nc3[nH]ncc23)cc1Cl. The predicted octanol–water partition coefficient (Wildman–Crippen LogP) is 2.56. The molecule has 0 fully saturated rings. The number of aromatic nitrogens is 4. The molecule has 0 saturated heterocycles. The first-order valence-electron chi connectivity index (χ1n) is 5.38. The summed E-state index contributed by atoms with van der Waals surface area (Å²) in [6.45, 7) is 1.95. The fourth-order valence-electron chi connectivity index (χ4n) is 1.81. The number of nitrogens with two attached hydrogens (primary N) is 1. The highest BCUT2D eigenvalue weighted by atomic mass is 35.5. The van der Waals surface area contributed by atoms with E-state index < -0.39 is 0 Å². The Morgan fingerprint density at radius 3 is 2.89 bits per heavy atom. The Morgan fingerprint density at radius 1 is 1.28 bits per heavy atom. The molecule has 0 amide bonds. The number of rotatable bonds is 1. The average Bonchev–Trinajstić information content (AvgIpc) is 2.79. The molecule has 3 aromatic rings. The van der Waals surface area contributed by atoms with Crippen molar-refractivity contribution in [2.24, 2.45) is 0 Å². The highest BCUT2D eigenvalue weighted by Crippen LogP contribution is 2.28. The number of hydrogen-bond acceptors (Lipinski definition) is 4. The van der Waals surface area contributed by atoms with E-state index in [2.05, 4.69) is 20.2 Å². The molecule has 0 unspecified atom stereocenters. The zero-order chi connectivity index (χ0) is 12.7. The fraction of sp³-hybridized carbons (Fsp3) is 0.0833. The summed E-state index contributed by atoms with van der Waals surface area (Å²) in [6.07, 6.45) is 1.68. The Hall–Kier alpha value is -2.14. The van der Waals surface area contributed by atoms with Crippen molar-refractivity contribution in [2.75, 3.05) is 5.73 Å². The molecule has 1 aromatic carbocycles. The van der Waals surface area contributed by atoms with E-state index in [0.717, 1.165) is 22.2 Å². The van der Waals surface area contributed by atoms with Gasteiger partial charge in [0.15, 0.2) is 5.65 Å². The van der Waals surface area contributed by atoms with Crippen LogP contribution < -0.4 is 5.73 Å². The van der Waals surface area contributed by atoms with Gasteiger partial charge in [-0.25, -0.2) is 4.98 Å². The molecule has 0 saturated carbocycles. The lowest BCUT2D eigenvalue weighted by Crippen LogP contribution is -1.97. The Balaban J connectivity index is 2.30. The fourth-order valence-corrected chi connectivity index (χ4v) is 1.99. The van der Waals surface area contributed by atoms with Crippen molar-refractivity contribution in [2.45, 2.75) is 6.92 Å². The summed E-state index contributed by atoms with van der Waals surface area (Å²) >= 11 is 6.13. The zero-order valence-corrected chi connectivity index (χ0v) is 10.4. The molecule has 0 radical (unpaired) electrons. The molecule has 90 valence electrons. The van der Waals surface area contributed by atoms with Crippen molar-refractivity contribution in [3.63, 3.8) is 0 Å². The summed E-state index contributed by atoms with van der Waals surface area (Å²) in [5.41, 5.74) is 8.95. The second kappa shape index (κ2) is 3.96. The number of nitrogens with zero attached hydrogens (tertiary/aromatic N) is 3. The second-order valence-electron chi connectivity index (χ2n) is 4.03. The highest BCUT2D eigenvalue weighted by molar-refractivity contribution is 6.31. The maximum atomic E-state index is 6.13. The molecule has 5 nitrogen and oxygen atoms in total. The summed E-state index contributed by atoms with van der Waals surface area (Å²) in [6, 6.07) is 5.77. The van der Waals surface area contributed by atoms with Crippen molar-refractivity contribution >= 4 is 28.6 Å². The number of halogens is 1. The van der Waals surface area contributed by atoms with Crippen LogP contribution in [0, 0.1) is 6.92 Å². The molecule has 3 N–H and O–H groups in total. The number of nitrogens with one attached hydrogen (secondary N) is 1. The van der Waals surface area contributed by atoms with Gasteiger partial charge in [0.1, 0.15) is 0 Å². The Morgan fingerprint density at radius 2 is 2.11 bits per heavy atom. The Kier molecular flexibility index (Phi) is 2.41. The monoisotopic (exact) mass is 259 g/mol. The molecule has 0 aliphatic rings. The van der Waals surface area contributed by atoms with E-state index in [1.807, 2.05) is 25.1 Å². The van der Waals surface area contributed by atoms with Crippen LogP contribution in [0.4, 0.5) is 5.95 Å². The van der Waals surface area contributed by atoms with Gasteiger partial charge in [-0.1, -0.05) is 23.7 Å². The largest absolute Gasteiger partial charge is 0.368 e. The molecular formula is C12H10ClN5. The molecule has 6 heteroatoms. The van der Waals surface area contributed by atoms with Gasteiger partial charge in [0.2, 0.25) is 5.95 Å². The second-order valence-corrected chi connectivity index (χ2v) is 4.43. The standard InChI is InChI=1S/C12H10ClN5/c1-6-2-3-7(4-9(6)13)10-8-5-15-18-11(8)17-12(14)16-10/h2-5H,1H3,(H3,14,15,16,17,18). The lowest BCUT2D eigenvalue weighted by atomic mass is 10.1. The first-order chi connectivity index (χ1) is 8.65. The number of aryl methyl sites for hydroxylation is 1. The van der Waals surface area contributed by atoms with E-state index in [1.165, 1.54) is 0 Å². The van der Waals surface area contributed by atoms with Crippen LogP contribution in [0.1, 0.15) is 5.56 Å². The van der Waals surface area contributed by atoms with Crippen LogP contribution >= 0.6 is 11.6 Å². The van der Waals surface area contributed by atoms with Crippen LogP contribution in [-0.2, 0) is 0 Å². The molecule has 2 aromatic heterocycles. The van der Waals surface area contributed by atoms with Gasteiger partial charge in [-0.15, -0.1) is 0 Å². The summed E-state index contributed by atoms with van der Waals surface area (Å²) in [5, 5.41) is 8.25. The molecule has 18 heavy (non-hydrogen) atoms. The number of H-pyrrole nitrogens is 1. The minimum atomic E-state index is 0.207. The molecule has 0 aliphatic carbocycles. The number of aromatic amines is 1. The molecule has 0 bridgehead atoms. The van der Waals surface area contributed by atoms with E-state index in [4.69, 9.17) is 17.3 Å². The third-order valence-electron chi connectivity index (χ3n) is 2.77. The van der Waals surface area contributed by atoms with Crippen LogP contribution in [0.3, 0.4) is 0 Å². The maximum absolute atomic E-state index is 6.13. The first-order valence-corrected chi connectivity index (χ1v) is 5.76. The van der Waals surface area contributed by atoms with Crippen LogP contribution in [0.15, 0.2) is 24.4 Å². The quantitative estimate of drug-likeness (QED) is 0.704. The van der Waals surface area contributed by atoms with Gasteiger partial charge in [0.25, 0.3) is 0 Å². The van der Waals surface area contributed by atoms with Crippen LogP contribution in [0.25, 0.3) is 22.3 Å². The third-order valence-corrected chi connectivity index (χ3v) is 3.18. The normalized spacial score (nSPS) is 11.0. The van der Waals surface area contributed by atoms with Gasteiger partial charge >= 0.3 is 0 Å². The van der Waals surface area contributed by atoms with Crippen LogP contribution in [0.2, 0.25) is 5.02 Å². The van der Waals surface area contributed by atoms with Gasteiger partial charge in [-0.3, -0.25) is 5.10 Å². The maximum Gasteiger partial charge on any atom is 0.222 e. The van der Waals surface area contributed by atoms with E-state index in [-0.39, 0.29) is 5.95 Å². The Labute approximate surface area is 108 Å². The molecule has 0 aliphatic heterocycles. The molecule has 3 rings (SSSR count). The van der Waals surface area contributed by atoms with E-state index in [1.54, 1.807) is 6.20 Å². The van der Waals surface area contributed by atoms with Crippen molar-refractivity contribution in [1.82, 2.24) is 20.2 Å². The molecular weight excluding hydrogens is 250 g/mol. The lowest BCUT2D eigenvalue weighted by Gasteiger charge is -2.05. The van der Waals surface area contributed by atoms with E-state index in [9.17, 15) is 0 Å². The van der Waals surface area contributed by atoms with Crippen molar-refractivity contribution in [1.29, 1.82) is 0 Å². The first kappa shape index (κ1) is 11.0. The smallest absolute Gasteiger partial charge is 0.222 e. The number of benzene rings is 1. The van der Waals surface area contributed by atoms with Gasteiger partial charge in [-0.05, 0) is 18.6 Å². The highest BCUT2D eigenvalue weighted by Gasteiger charge is 2.11. The van der Waals surface area contributed by atoms with Crippen molar-refractivity contribution < 1.29 is 0 Å². The minimum Gasteiger partial charge on any atom is -0.368 e. The number of fused-ring (bicyclic) bond motifs is 1. The number of hydrogen-bond donors (Lipinski definition) is 2. The van der Waals surface area contributed by atoms with Gasteiger partial charge in [-0.2, -0.15) is 10.1 Å². The number of nitrogen functional groups attached to an aromatic ring is 1. The van der Waals surface area contributed by atoms with E-state index >= 15 is 0 Å². The molecule has 2 heterocycles. The lowest BCUT2D eigenvalue weighted by molar-refractivity contribution is 1.09. The Bertz CT molecular complexity index is 734. The minimum absolute atomic E-state index is 0.207.